The lowest BCUT2D eigenvalue weighted by molar-refractivity contribution is 0.294. The van der Waals surface area contributed by atoms with Gasteiger partial charge in [-0.1, -0.05) is 13.3 Å². The third-order valence-corrected chi connectivity index (χ3v) is 2.93. The molecule has 0 aromatic carbocycles. The average Bonchev–Trinajstić information content (AvgIpc) is 3.15. The molecule has 1 aromatic heterocycles. The number of hydrogen-bond donors (Lipinski definition) is 2. The van der Waals surface area contributed by atoms with Crippen LogP contribution in [0.2, 0.25) is 0 Å². The summed E-state index contributed by atoms with van der Waals surface area (Å²) in [6.07, 6.45) is 4.48. The second kappa shape index (κ2) is 5.31. The van der Waals surface area contributed by atoms with E-state index in [4.69, 9.17) is 10.6 Å². The highest BCUT2D eigenvalue weighted by atomic mass is 16.5. The van der Waals surface area contributed by atoms with Crippen molar-refractivity contribution in [3.63, 3.8) is 0 Å². The summed E-state index contributed by atoms with van der Waals surface area (Å²) in [6.45, 7) is 4.76. The number of nitrogens with zero attached hydrogens (tertiary/aromatic N) is 2. The smallest absolute Gasteiger partial charge is 0.221 e. The van der Waals surface area contributed by atoms with Gasteiger partial charge < -0.3 is 10.2 Å². The van der Waals surface area contributed by atoms with Gasteiger partial charge in [0.1, 0.15) is 11.6 Å². The summed E-state index contributed by atoms with van der Waals surface area (Å²) in [4.78, 5) is 8.90. The van der Waals surface area contributed by atoms with Gasteiger partial charge in [-0.2, -0.15) is 4.98 Å². The first-order valence-corrected chi connectivity index (χ1v) is 6.24. The van der Waals surface area contributed by atoms with E-state index in [-0.39, 0.29) is 0 Å². The van der Waals surface area contributed by atoms with Crippen LogP contribution in [0, 0.1) is 6.92 Å². The summed E-state index contributed by atoms with van der Waals surface area (Å²) in [5, 5.41) is 0. The zero-order valence-corrected chi connectivity index (χ0v) is 10.5. The molecule has 1 aliphatic rings. The van der Waals surface area contributed by atoms with E-state index >= 15 is 0 Å². The monoisotopic (exact) mass is 236 g/mol. The highest BCUT2D eigenvalue weighted by Crippen LogP contribution is 2.39. The molecular weight excluding hydrogens is 216 g/mol. The molecule has 5 nitrogen and oxygen atoms in total. The molecule has 2 rings (SSSR count). The number of nitrogens with two attached hydrogens (primary N) is 1. The molecule has 1 aromatic rings. The molecule has 5 heteroatoms. The fraction of sp³-hybridized carbons (Fsp3) is 0.667. The second-order valence-electron chi connectivity index (χ2n) is 4.48. The minimum atomic E-state index is 0.497. The van der Waals surface area contributed by atoms with Crippen LogP contribution in [0.5, 0.6) is 5.88 Å². The van der Waals surface area contributed by atoms with Crippen molar-refractivity contribution >= 4 is 5.82 Å². The van der Waals surface area contributed by atoms with Gasteiger partial charge in [-0.3, -0.25) is 0 Å². The molecule has 0 spiro atoms. The van der Waals surface area contributed by atoms with E-state index < -0.39 is 0 Å². The zero-order valence-electron chi connectivity index (χ0n) is 10.5. The van der Waals surface area contributed by atoms with Crippen LogP contribution in [0.4, 0.5) is 5.82 Å². The van der Waals surface area contributed by atoms with Gasteiger partial charge in [0.05, 0.1) is 12.2 Å². The van der Waals surface area contributed by atoms with Crippen molar-refractivity contribution in [3.8, 4) is 5.88 Å². The van der Waals surface area contributed by atoms with Crippen LogP contribution in [-0.2, 0) is 0 Å². The fourth-order valence-corrected chi connectivity index (χ4v) is 1.63. The van der Waals surface area contributed by atoms with Gasteiger partial charge in [0.2, 0.25) is 5.88 Å². The first-order valence-electron chi connectivity index (χ1n) is 6.24. The number of ether oxygens (including phenoxy) is 1. The Labute approximate surface area is 102 Å². The topological polar surface area (TPSA) is 73.1 Å². The fourth-order valence-electron chi connectivity index (χ4n) is 1.63. The third kappa shape index (κ3) is 2.85. The van der Waals surface area contributed by atoms with E-state index in [1.807, 2.05) is 6.92 Å². The van der Waals surface area contributed by atoms with Crippen molar-refractivity contribution in [3.05, 3.63) is 11.4 Å². The third-order valence-electron chi connectivity index (χ3n) is 2.93. The summed E-state index contributed by atoms with van der Waals surface area (Å²) in [5.41, 5.74) is 3.50. The number of rotatable bonds is 6. The molecule has 0 unspecified atom stereocenters. The van der Waals surface area contributed by atoms with Crippen LogP contribution in [-0.4, -0.2) is 16.6 Å². The Balaban J connectivity index is 2.18. The van der Waals surface area contributed by atoms with E-state index in [1.54, 1.807) is 0 Å². The molecule has 0 saturated heterocycles. The number of anilines is 1. The van der Waals surface area contributed by atoms with Crippen molar-refractivity contribution in [2.24, 2.45) is 5.84 Å². The van der Waals surface area contributed by atoms with Gasteiger partial charge in [-0.25, -0.2) is 10.8 Å². The lowest BCUT2D eigenvalue weighted by Gasteiger charge is -2.12. The number of unbranched alkanes of at least 4 members (excludes halogenated alkanes) is 1. The van der Waals surface area contributed by atoms with E-state index in [9.17, 15) is 0 Å². The number of aromatic nitrogens is 2. The van der Waals surface area contributed by atoms with Gasteiger partial charge in [0.15, 0.2) is 0 Å². The molecule has 1 aliphatic carbocycles. The molecule has 0 radical (unpaired) electrons. The van der Waals surface area contributed by atoms with Gasteiger partial charge in [-0.15, -0.1) is 0 Å². The highest BCUT2D eigenvalue weighted by molar-refractivity contribution is 5.48. The number of nitrogen functional groups attached to an aromatic ring is 1. The largest absolute Gasteiger partial charge is 0.477 e. The van der Waals surface area contributed by atoms with Crippen LogP contribution in [0.25, 0.3) is 0 Å². The summed E-state index contributed by atoms with van der Waals surface area (Å²) in [7, 11) is 0. The van der Waals surface area contributed by atoms with Crippen molar-refractivity contribution < 1.29 is 4.74 Å². The Kier molecular flexibility index (Phi) is 3.78. The first-order chi connectivity index (χ1) is 8.26. The van der Waals surface area contributed by atoms with E-state index in [1.165, 1.54) is 12.8 Å². The SMILES string of the molecule is CCCCOc1nc(C2CC2)nc(NN)c1C. The molecule has 1 fully saturated rings. The molecule has 1 heterocycles. The van der Waals surface area contributed by atoms with Crippen LogP contribution in [0.3, 0.4) is 0 Å². The average molecular weight is 236 g/mol. The van der Waals surface area contributed by atoms with Crippen molar-refractivity contribution in [1.82, 2.24) is 9.97 Å². The Bertz CT molecular complexity index is 390. The molecule has 1 saturated carbocycles. The van der Waals surface area contributed by atoms with Crippen LogP contribution in [0.1, 0.15) is 49.9 Å². The van der Waals surface area contributed by atoms with Gasteiger partial charge in [-0.05, 0) is 26.2 Å². The van der Waals surface area contributed by atoms with E-state index in [0.29, 0.717) is 24.2 Å². The summed E-state index contributed by atoms with van der Waals surface area (Å²) in [5.74, 6) is 8.17. The summed E-state index contributed by atoms with van der Waals surface area (Å²) in [6, 6.07) is 0. The molecule has 0 bridgehead atoms. The van der Waals surface area contributed by atoms with Crippen LogP contribution >= 0.6 is 0 Å². The molecule has 0 atom stereocenters. The summed E-state index contributed by atoms with van der Waals surface area (Å²) < 4.78 is 5.69. The van der Waals surface area contributed by atoms with Crippen molar-refractivity contribution in [2.45, 2.75) is 45.4 Å². The standard InChI is InChI=1S/C12H20N4O/c1-3-4-7-17-12-8(2)10(16-13)14-11(15-12)9-5-6-9/h9H,3-7,13H2,1-2H3,(H,14,15,16). The Morgan fingerprint density at radius 3 is 2.76 bits per heavy atom. The summed E-state index contributed by atoms with van der Waals surface area (Å²) >= 11 is 0. The molecule has 17 heavy (non-hydrogen) atoms. The quantitative estimate of drug-likeness (QED) is 0.449. The molecule has 0 aliphatic heterocycles. The van der Waals surface area contributed by atoms with Crippen molar-refractivity contribution in [2.75, 3.05) is 12.0 Å². The Morgan fingerprint density at radius 1 is 1.41 bits per heavy atom. The number of nitrogens with one attached hydrogen (secondary N) is 1. The highest BCUT2D eigenvalue weighted by Gasteiger charge is 2.28. The Hall–Kier alpha value is -1.36. The lowest BCUT2D eigenvalue weighted by Crippen LogP contribution is -2.14. The molecule has 94 valence electrons. The minimum absolute atomic E-state index is 0.497. The van der Waals surface area contributed by atoms with Crippen molar-refractivity contribution in [1.29, 1.82) is 0 Å². The Morgan fingerprint density at radius 2 is 2.18 bits per heavy atom. The maximum absolute atomic E-state index is 5.69. The number of hydrazine groups is 1. The second-order valence-corrected chi connectivity index (χ2v) is 4.48. The normalized spacial score (nSPS) is 14.8. The van der Waals surface area contributed by atoms with Gasteiger partial charge >= 0.3 is 0 Å². The lowest BCUT2D eigenvalue weighted by atomic mass is 10.3. The maximum Gasteiger partial charge on any atom is 0.221 e. The molecule has 0 amide bonds. The first kappa shape index (κ1) is 12.1. The van der Waals surface area contributed by atoms with Gasteiger partial charge in [0, 0.05) is 5.92 Å². The zero-order chi connectivity index (χ0) is 12.3. The molecular formula is C12H20N4O. The number of hydrogen-bond acceptors (Lipinski definition) is 5. The van der Waals surface area contributed by atoms with E-state index in [0.717, 1.165) is 24.2 Å². The van der Waals surface area contributed by atoms with E-state index in [2.05, 4.69) is 22.3 Å². The van der Waals surface area contributed by atoms with Crippen LogP contribution < -0.4 is 16.0 Å². The van der Waals surface area contributed by atoms with Gasteiger partial charge in [0.25, 0.3) is 0 Å². The maximum atomic E-state index is 5.69. The van der Waals surface area contributed by atoms with Crippen LogP contribution in [0.15, 0.2) is 0 Å². The minimum Gasteiger partial charge on any atom is -0.477 e. The molecule has 3 N–H and O–H groups in total. The predicted molar refractivity (Wildman–Crippen MR) is 67.0 cm³/mol. The predicted octanol–water partition coefficient (Wildman–Crippen LogP) is 2.13.